The van der Waals surface area contributed by atoms with Crippen molar-refractivity contribution in [3.8, 4) is 11.8 Å². The molecule has 0 radical (unpaired) electrons. The molecule has 5 nitrogen and oxygen atoms in total. The van der Waals surface area contributed by atoms with Gasteiger partial charge in [-0.2, -0.15) is 5.26 Å². The summed E-state index contributed by atoms with van der Waals surface area (Å²) in [5.41, 5.74) is 2.57. The van der Waals surface area contributed by atoms with Gasteiger partial charge in [0, 0.05) is 32.8 Å². The van der Waals surface area contributed by atoms with E-state index in [-0.39, 0.29) is 12.3 Å². The van der Waals surface area contributed by atoms with Crippen LogP contribution in [-0.4, -0.2) is 4.92 Å². The number of nitrogens with zero attached hydrogens (tertiary/aromatic N) is 2. The van der Waals surface area contributed by atoms with Crippen LogP contribution in [0.3, 0.4) is 0 Å². The summed E-state index contributed by atoms with van der Waals surface area (Å²) in [7, 11) is 0. The number of hydrogen-bond acceptors (Lipinski definition) is 4. The molecule has 0 aliphatic heterocycles. The van der Waals surface area contributed by atoms with Crippen molar-refractivity contribution in [2.75, 3.05) is 0 Å². The Hall–Kier alpha value is -3.14. The first-order valence-electron chi connectivity index (χ1n) is 8.50. The molecule has 0 heterocycles. The summed E-state index contributed by atoms with van der Waals surface area (Å²) in [5.74, 6) is 0.575. The van der Waals surface area contributed by atoms with E-state index in [4.69, 9.17) is 16.3 Å². The highest BCUT2D eigenvalue weighted by Crippen LogP contribution is 2.30. The molecule has 0 amide bonds. The minimum atomic E-state index is -0.444. The van der Waals surface area contributed by atoms with E-state index in [1.807, 2.05) is 18.2 Å². The van der Waals surface area contributed by atoms with Crippen LogP contribution >= 0.6 is 27.5 Å². The molecule has 0 spiro atoms. The molecule has 3 aromatic carbocycles. The average molecular weight is 470 g/mol. The van der Waals surface area contributed by atoms with Crippen molar-refractivity contribution in [2.45, 2.75) is 6.61 Å². The zero-order valence-electron chi connectivity index (χ0n) is 15.0. The third kappa shape index (κ3) is 5.23. The number of nitro benzene ring substituents is 1. The Morgan fingerprint density at radius 3 is 2.55 bits per heavy atom. The fraction of sp³-hybridized carbons (Fsp3) is 0.0455. The fourth-order valence-corrected chi connectivity index (χ4v) is 3.26. The Kier molecular flexibility index (Phi) is 6.65. The molecule has 0 aliphatic carbocycles. The van der Waals surface area contributed by atoms with E-state index in [0.717, 1.165) is 10.0 Å². The second kappa shape index (κ2) is 9.37. The monoisotopic (exact) mass is 468 g/mol. The molecule has 0 saturated heterocycles. The molecule has 3 aromatic rings. The summed E-state index contributed by atoms with van der Waals surface area (Å²) in [6, 6.07) is 21.0. The van der Waals surface area contributed by atoms with Gasteiger partial charge in [0.05, 0.1) is 16.6 Å². The second-order valence-corrected chi connectivity index (χ2v) is 7.37. The largest absolute Gasteiger partial charge is 0.488 e. The minimum absolute atomic E-state index is 0.0272. The number of ether oxygens (including phenoxy) is 1. The molecule has 0 aliphatic rings. The normalized spacial score (nSPS) is 11.0. The van der Waals surface area contributed by atoms with Crippen molar-refractivity contribution in [3.63, 3.8) is 0 Å². The van der Waals surface area contributed by atoms with Gasteiger partial charge >= 0.3 is 0 Å². The van der Waals surface area contributed by atoms with Crippen LogP contribution in [0, 0.1) is 21.4 Å². The summed E-state index contributed by atoms with van der Waals surface area (Å²) in [4.78, 5) is 10.3. The Morgan fingerprint density at radius 1 is 1.17 bits per heavy atom. The molecule has 0 atom stereocenters. The van der Waals surface area contributed by atoms with Gasteiger partial charge in [-0.3, -0.25) is 10.1 Å². The number of hydrogen-bond donors (Lipinski definition) is 0. The van der Waals surface area contributed by atoms with E-state index >= 15 is 0 Å². The van der Waals surface area contributed by atoms with Crippen LogP contribution in [0.2, 0.25) is 5.02 Å². The van der Waals surface area contributed by atoms with E-state index in [0.29, 0.717) is 27.5 Å². The number of benzene rings is 3. The number of rotatable bonds is 6. The smallest absolute Gasteiger partial charge is 0.269 e. The molecule has 3 rings (SSSR count). The zero-order valence-corrected chi connectivity index (χ0v) is 17.4. The second-order valence-electron chi connectivity index (χ2n) is 6.04. The first-order valence-corrected chi connectivity index (χ1v) is 9.67. The van der Waals surface area contributed by atoms with Crippen molar-refractivity contribution in [2.24, 2.45) is 0 Å². The maximum Gasteiger partial charge on any atom is 0.269 e. The standard InChI is InChI=1S/C22H14BrClN2O3/c23-18-7-10-22(29-14-15-5-8-19(9-6-15)26(27)28)16(12-18)11-17(13-25)20-3-1-2-4-21(20)24/h1-12H,14H2. The minimum Gasteiger partial charge on any atom is -0.488 e. The van der Waals surface area contributed by atoms with Crippen molar-refractivity contribution < 1.29 is 9.66 Å². The van der Waals surface area contributed by atoms with E-state index in [1.165, 1.54) is 12.1 Å². The Labute approximate surface area is 181 Å². The summed E-state index contributed by atoms with van der Waals surface area (Å²) in [5, 5.41) is 20.9. The lowest BCUT2D eigenvalue weighted by atomic mass is 10.0. The Bertz CT molecular complexity index is 1120. The molecule has 29 heavy (non-hydrogen) atoms. The van der Waals surface area contributed by atoms with Gasteiger partial charge in [-0.1, -0.05) is 45.7 Å². The molecule has 0 fully saturated rings. The van der Waals surface area contributed by atoms with Crippen molar-refractivity contribution in [1.82, 2.24) is 0 Å². The first-order chi connectivity index (χ1) is 14.0. The van der Waals surface area contributed by atoms with Gasteiger partial charge in [0.1, 0.15) is 12.4 Å². The molecular formula is C22H14BrClN2O3. The number of nitriles is 1. The molecule has 0 aromatic heterocycles. The van der Waals surface area contributed by atoms with Gasteiger partial charge in [-0.15, -0.1) is 0 Å². The Balaban J connectivity index is 1.89. The van der Waals surface area contributed by atoms with Gasteiger partial charge in [0.2, 0.25) is 0 Å². The zero-order chi connectivity index (χ0) is 20.8. The third-order valence-electron chi connectivity index (χ3n) is 4.10. The van der Waals surface area contributed by atoms with Gasteiger partial charge in [-0.05, 0) is 48.0 Å². The van der Waals surface area contributed by atoms with Gasteiger partial charge in [0.15, 0.2) is 0 Å². The molecule has 0 unspecified atom stereocenters. The van der Waals surface area contributed by atoms with Crippen molar-refractivity contribution in [1.29, 1.82) is 5.26 Å². The average Bonchev–Trinajstić information content (AvgIpc) is 2.72. The summed E-state index contributed by atoms with van der Waals surface area (Å²) < 4.78 is 6.75. The van der Waals surface area contributed by atoms with Crippen LogP contribution in [0.4, 0.5) is 5.69 Å². The predicted octanol–water partition coefficient (Wildman–Crippen LogP) is 6.65. The molecule has 7 heteroatoms. The van der Waals surface area contributed by atoms with Crippen LogP contribution in [0.1, 0.15) is 16.7 Å². The van der Waals surface area contributed by atoms with E-state index in [1.54, 1.807) is 42.5 Å². The number of nitro groups is 1. The lowest BCUT2D eigenvalue weighted by Gasteiger charge is -2.11. The van der Waals surface area contributed by atoms with Gasteiger partial charge in [-0.25, -0.2) is 0 Å². The first kappa shape index (κ1) is 20.6. The van der Waals surface area contributed by atoms with Crippen LogP contribution in [-0.2, 0) is 6.61 Å². The topological polar surface area (TPSA) is 76.2 Å². The van der Waals surface area contributed by atoms with Crippen molar-refractivity contribution >= 4 is 44.9 Å². The summed E-state index contributed by atoms with van der Waals surface area (Å²) >= 11 is 9.67. The summed E-state index contributed by atoms with van der Waals surface area (Å²) in [6.07, 6.45) is 1.72. The van der Waals surface area contributed by atoms with E-state index in [9.17, 15) is 15.4 Å². The molecule has 0 bridgehead atoms. The number of allylic oxidation sites excluding steroid dienone is 1. The number of non-ortho nitro benzene ring substituents is 1. The maximum absolute atomic E-state index is 10.8. The molecule has 144 valence electrons. The molecule has 0 saturated carbocycles. The Morgan fingerprint density at radius 2 is 1.90 bits per heavy atom. The summed E-state index contributed by atoms with van der Waals surface area (Å²) in [6.45, 7) is 0.231. The highest BCUT2D eigenvalue weighted by atomic mass is 79.9. The van der Waals surface area contributed by atoms with Crippen LogP contribution in [0.5, 0.6) is 5.75 Å². The van der Waals surface area contributed by atoms with Gasteiger partial charge in [0.25, 0.3) is 5.69 Å². The predicted molar refractivity (Wildman–Crippen MR) is 117 cm³/mol. The van der Waals surface area contributed by atoms with Crippen molar-refractivity contribution in [3.05, 3.63) is 103 Å². The number of halogens is 2. The van der Waals surface area contributed by atoms with Gasteiger partial charge < -0.3 is 4.74 Å². The third-order valence-corrected chi connectivity index (χ3v) is 4.92. The highest BCUT2D eigenvalue weighted by molar-refractivity contribution is 9.10. The van der Waals surface area contributed by atoms with E-state index < -0.39 is 4.92 Å². The molecule has 0 N–H and O–H groups in total. The van der Waals surface area contributed by atoms with E-state index in [2.05, 4.69) is 22.0 Å². The molecular weight excluding hydrogens is 456 g/mol. The highest BCUT2D eigenvalue weighted by Gasteiger charge is 2.10. The lowest BCUT2D eigenvalue weighted by molar-refractivity contribution is -0.384. The van der Waals surface area contributed by atoms with Crippen LogP contribution in [0.15, 0.2) is 71.2 Å². The lowest BCUT2D eigenvalue weighted by Crippen LogP contribution is -1.98. The van der Waals surface area contributed by atoms with Crippen LogP contribution in [0.25, 0.3) is 11.6 Å². The quantitative estimate of drug-likeness (QED) is 0.175. The SMILES string of the molecule is N#CC(=Cc1cc(Br)ccc1OCc1ccc([N+](=O)[O-])cc1)c1ccccc1Cl. The van der Waals surface area contributed by atoms with Crippen LogP contribution < -0.4 is 4.74 Å². The fourth-order valence-electron chi connectivity index (χ4n) is 2.64. The maximum atomic E-state index is 10.8.